The highest BCUT2D eigenvalue weighted by molar-refractivity contribution is 5.15. The molecule has 2 saturated heterocycles. The van der Waals surface area contributed by atoms with E-state index >= 15 is 0 Å². The van der Waals surface area contributed by atoms with E-state index in [0.717, 1.165) is 25.7 Å². The lowest BCUT2D eigenvalue weighted by Crippen LogP contribution is -2.48. The summed E-state index contributed by atoms with van der Waals surface area (Å²) in [6.45, 7) is 5.42. The Hall–Kier alpha value is -0.900. The van der Waals surface area contributed by atoms with Crippen LogP contribution in [0.3, 0.4) is 0 Å². The molecule has 3 nitrogen and oxygen atoms in total. The average molecular weight is 273 g/mol. The molecule has 110 valence electrons. The number of piperidine rings is 1. The van der Waals surface area contributed by atoms with Gasteiger partial charge >= 0.3 is 0 Å². The smallest absolute Gasteiger partial charge is 0.0267 e. The molecule has 0 amide bonds. The molecule has 2 atom stereocenters. The highest BCUT2D eigenvalue weighted by Gasteiger charge is 2.38. The second-order valence-electron chi connectivity index (χ2n) is 6.20. The van der Waals surface area contributed by atoms with Crippen LogP contribution in [0.5, 0.6) is 0 Å². The fourth-order valence-electron chi connectivity index (χ4n) is 3.99. The van der Waals surface area contributed by atoms with Gasteiger partial charge in [-0.15, -0.1) is 0 Å². The standard InChI is InChI=1S/C17H27N3/c18-10-13-20(14-15-6-2-1-3-7-15)17-9-12-19-11-5-4-8-16(17)19/h1-3,6-7,16-17H,4-5,8-14,18H2. The van der Waals surface area contributed by atoms with Gasteiger partial charge in [-0.25, -0.2) is 0 Å². The Morgan fingerprint density at radius 1 is 1.10 bits per heavy atom. The van der Waals surface area contributed by atoms with Gasteiger partial charge in [0.25, 0.3) is 0 Å². The quantitative estimate of drug-likeness (QED) is 0.891. The predicted molar refractivity (Wildman–Crippen MR) is 83.5 cm³/mol. The Bertz CT molecular complexity index is 406. The van der Waals surface area contributed by atoms with Gasteiger partial charge in [0, 0.05) is 38.3 Å². The number of rotatable bonds is 5. The Morgan fingerprint density at radius 2 is 1.95 bits per heavy atom. The minimum atomic E-state index is 0.707. The van der Waals surface area contributed by atoms with Crippen LogP contribution < -0.4 is 5.73 Å². The van der Waals surface area contributed by atoms with Crippen molar-refractivity contribution in [1.29, 1.82) is 0 Å². The van der Waals surface area contributed by atoms with Crippen molar-refractivity contribution < 1.29 is 0 Å². The molecule has 2 aliphatic rings. The molecular weight excluding hydrogens is 246 g/mol. The molecule has 0 aromatic heterocycles. The van der Waals surface area contributed by atoms with Gasteiger partial charge in [-0.1, -0.05) is 36.8 Å². The molecular formula is C17H27N3. The molecule has 2 heterocycles. The van der Waals surface area contributed by atoms with E-state index in [1.54, 1.807) is 0 Å². The summed E-state index contributed by atoms with van der Waals surface area (Å²) in [7, 11) is 0. The van der Waals surface area contributed by atoms with Crippen molar-refractivity contribution in [3.05, 3.63) is 35.9 Å². The molecule has 0 spiro atoms. The molecule has 0 saturated carbocycles. The fraction of sp³-hybridized carbons (Fsp3) is 0.647. The molecule has 0 bridgehead atoms. The number of hydrogen-bond donors (Lipinski definition) is 1. The lowest BCUT2D eigenvalue weighted by molar-refractivity contribution is 0.111. The lowest BCUT2D eigenvalue weighted by Gasteiger charge is -2.38. The van der Waals surface area contributed by atoms with Gasteiger partial charge in [-0.05, 0) is 31.4 Å². The van der Waals surface area contributed by atoms with Crippen molar-refractivity contribution in [3.8, 4) is 0 Å². The Morgan fingerprint density at radius 3 is 2.75 bits per heavy atom. The Labute approximate surface area is 122 Å². The van der Waals surface area contributed by atoms with Crippen LogP contribution in [0.25, 0.3) is 0 Å². The Balaban J connectivity index is 1.70. The van der Waals surface area contributed by atoms with E-state index in [4.69, 9.17) is 5.73 Å². The molecule has 2 N–H and O–H groups in total. The second kappa shape index (κ2) is 6.70. The summed E-state index contributed by atoms with van der Waals surface area (Å²) in [5.41, 5.74) is 7.28. The summed E-state index contributed by atoms with van der Waals surface area (Å²) in [5.74, 6) is 0. The second-order valence-corrected chi connectivity index (χ2v) is 6.20. The summed E-state index contributed by atoms with van der Waals surface area (Å²) in [4.78, 5) is 5.34. The van der Waals surface area contributed by atoms with Gasteiger partial charge in [-0.2, -0.15) is 0 Å². The zero-order chi connectivity index (χ0) is 13.8. The fourth-order valence-corrected chi connectivity index (χ4v) is 3.99. The van der Waals surface area contributed by atoms with Gasteiger partial charge in [0.2, 0.25) is 0 Å². The first-order chi connectivity index (χ1) is 9.88. The van der Waals surface area contributed by atoms with E-state index in [2.05, 4.69) is 40.1 Å². The number of nitrogens with two attached hydrogens (primary N) is 1. The molecule has 3 rings (SSSR count). The maximum atomic E-state index is 5.86. The maximum Gasteiger partial charge on any atom is 0.0267 e. The normalized spacial score (nSPS) is 26.9. The number of nitrogens with zero attached hydrogens (tertiary/aromatic N) is 2. The van der Waals surface area contributed by atoms with Gasteiger partial charge < -0.3 is 5.73 Å². The van der Waals surface area contributed by atoms with Crippen molar-refractivity contribution in [2.75, 3.05) is 26.2 Å². The molecule has 0 radical (unpaired) electrons. The summed E-state index contributed by atoms with van der Waals surface area (Å²) >= 11 is 0. The van der Waals surface area contributed by atoms with Gasteiger partial charge in [0.05, 0.1) is 0 Å². The third kappa shape index (κ3) is 3.05. The molecule has 2 fully saturated rings. The van der Waals surface area contributed by atoms with Crippen LogP contribution in [-0.4, -0.2) is 48.1 Å². The largest absolute Gasteiger partial charge is 0.329 e. The van der Waals surface area contributed by atoms with Gasteiger partial charge in [0.15, 0.2) is 0 Å². The molecule has 20 heavy (non-hydrogen) atoms. The van der Waals surface area contributed by atoms with E-state index in [1.807, 2.05) is 0 Å². The topological polar surface area (TPSA) is 32.5 Å². The van der Waals surface area contributed by atoms with Crippen molar-refractivity contribution in [3.63, 3.8) is 0 Å². The molecule has 1 aromatic carbocycles. The van der Waals surface area contributed by atoms with E-state index in [-0.39, 0.29) is 0 Å². The first-order valence-electron chi connectivity index (χ1n) is 8.10. The zero-order valence-corrected chi connectivity index (χ0v) is 12.4. The summed E-state index contributed by atoms with van der Waals surface area (Å²) in [6.07, 6.45) is 5.48. The van der Waals surface area contributed by atoms with E-state index in [9.17, 15) is 0 Å². The van der Waals surface area contributed by atoms with Crippen molar-refractivity contribution >= 4 is 0 Å². The minimum absolute atomic E-state index is 0.707. The summed E-state index contributed by atoms with van der Waals surface area (Å²) < 4.78 is 0. The van der Waals surface area contributed by atoms with Crippen LogP contribution in [0.2, 0.25) is 0 Å². The minimum Gasteiger partial charge on any atom is -0.329 e. The third-order valence-corrected chi connectivity index (χ3v) is 4.93. The van der Waals surface area contributed by atoms with Crippen LogP contribution in [0.4, 0.5) is 0 Å². The molecule has 2 aliphatic heterocycles. The van der Waals surface area contributed by atoms with Crippen molar-refractivity contribution in [2.24, 2.45) is 5.73 Å². The third-order valence-electron chi connectivity index (χ3n) is 4.93. The molecule has 1 aromatic rings. The van der Waals surface area contributed by atoms with Crippen molar-refractivity contribution in [1.82, 2.24) is 9.80 Å². The van der Waals surface area contributed by atoms with Gasteiger partial charge in [0.1, 0.15) is 0 Å². The van der Waals surface area contributed by atoms with Crippen LogP contribution in [0.15, 0.2) is 30.3 Å². The monoisotopic (exact) mass is 273 g/mol. The molecule has 0 aliphatic carbocycles. The van der Waals surface area contributed by atoms with Crippen LogP contribution >= 0.6 is 0 Å². The van der Waals surface area contributed by atoms with Crippen LogP contribution in [0, 0.1) is 0 Å². The van der Waals surface area contributed by atoms with Crippen LogP contribution in [-0.2, 0) is 6.54 Å². The highest BCUT2D eigenvalue weighted by Crippen LogP contribution is 2.31. The number of hydrogen-bond acceptors (Lipinski definition) is 3. The molecule has 2 unspecified atom stereocenters. The highest BCUT2D eigenvalue weighted by atomic mass is 15.3. The first-order valence-corrected chi connectivity index (χ1v) is 8.10. The van der Waals surface area contributed by atoms with Gasteiger partial charge in [-0.3, -0.25) is 9.80 Å². The SMILES string of the molecule is NCCN(Cc1ccccc1)C1CCN2CCCCC12. The predicted octanol–water partition coefficient (Wildman–Crippen LogP) is 2.07. The van der Waals surface area contributed by atoms with E-state index in [1.165, 1.54) is 44.3 Å². The van der Waals surface area contributed by atoms with Crippen LogP contribution in [0.1, 0.15) is 31.2 Å². The van der Waals surface area contributed by atoms with E-state index in [0.29, 0.717) is 6.04 Å². The lowest BCUT2D eigenvalue weighted by atomic mass is 9.97. The Kier molecular flexibility index (Phi) is 4.71. The zero-order valence-electron chi connectivity index (χ0n) is 12.4. The number of fused-ring (bicyclic) bond motifs is 1. The maximum absolute atomic E-state index is 5.86. The first kappa shape index (κ1) is 14.1. The summed E-state index contributed by atoms with van der Waals surface area (Å²) in [5, 5.41) is 0. The average Bonchev–Trinajstić information content (AvgIpc) is 2.92. The van der Waals surface area contributed by atoms with E-state index < -0.39 is 0 Å². The van der Waals surface area contributed by atoms with Crippen molar-refractivity contribution in [2.45, 2.75) is 44.3 Å². The summed E-state index contributed by atoms with van der Waals surface area (Å²) in [6, 6.07) is 12.3. The number of benzene rings is 1. The molecule has 3 heteroatoms.